The van der Waals surface area contributed by atoms with E-state index in [1.807, 2.05) is 18.2 Å². The van der Waals surface area contributed by atoms with Crippen molar-refractivity contribution in [3.05, 3.63) is 58.0 Å². The van der Waals surface area contributed by atoms with Crippen molar-refractivity contribution >= 4 is 17.0 Å². The van der Waals surface area contributed by atoms with Gasteiger partial charge in [-0.15, -0.1) is 11.3 Å². The van der Waals surface area contributed by atoms with Crippen LogP contribution in [0.25, 0.3) is 21.8 Å². The molecular weight excluding hydrogens is 288 g/mol. The van der Waals surface area contributed by atoms with Crippen molar-refractivity contribution in [1.82, 2.24) is 4.98 Å². The summed E-state index contributed by atoms with van der Waals surface area (Å²) in [5.41, 5.74) is 14.0. The molecule has 3 rings (SSSR count). The van der Waals surface area contributed by atoms with Gasteiger partial charge in [0.05, 0.1) is 5.69 Å². The van der Waals surface area contributed by atoms with Gasteiger partial charge in [-0.1, -0.05) is 29.8 Å². The number of aryl methyl sites for hydroxylation is 4. The Kier molecular flexibility index (Phi) is 3.75. The van der Waals surface area contributed by atoms with Crippen molar-refractivity contribution in [2.24, 2.45) is 0 Å². The molecule has 112 valence electrons. The van der Waals surface area contributed by atoms with Crippen molar-refractivity contribution in [2.75, 3.05) is 5.73 Å². The molecular formula is C19H20N2S. The zero-order valence-corrected chi connectivity index (χ0v) is 14.2. The lowest BCUT2D eigenvalue weighted by atomic mass is 9.97. The van der Waals surface area contributed by atoms with Gasteiger partial charge in [-0.05, 0) is 51.0 Å². The van der Waals surface area contributed by atoms with Gasteiger partial charge in [0.1, 0.15) is 5.01 Å². The highest BCUT2D eigenvalue weighted by Gasteiger charge is 2.15. The Labute approximate surface area is 135 Å². The molecule has 0 aliphatic rings. The summed E-state index contributed by atoms with van der Waals surface area (Å²) in [7, 11) is 0. The van der Waals surface area contributed by atoms with Gasteiger partial charge >= 0.3 is 0 Å². The van der Waals surface area contributed by atoms with Gasteiger partial charge in [0.15, 0.2) is 0 Å². The molecule has 2 nitrogen and oxygen atoms in total. The number of nitrogens with two attached hydrogens (primary N) is 1. The molecule has 0 saturated carbocycles. The van der Waals surface area contributed by atoms with Crippen LogP contribution >= 0.6 is 11.3 Å². The van der Waals surface area contributed by atoms with Crippen LogP contribution in [0.2, 0.25) is 0 Å². The third-order valence-corrected chi connectivity index (χ3v) is 4.86. The van der Waals surface area contributed by atoms with Crippen molar-refractivity contribution < 1.29 is 0 Å². The molecule has 3 aromatic rings. The van der Waals surface area contributed by atoms with Gasteiger partial charge in [0.2, 0.25) is 0 Å². The fourth-order valence-electron chi connectivity index (χ4n) is 2.98. The van der Waals surface area contributed by atoms with Crippen molar-refractivity contribution in [3.63, 3.8) is 0 Å². The van der Waals surface area contributed by atoms with Crippen molar-refractivity contribution in [3.8, 4) is 21.8 Å². The van der Waals surface area contributed by atoms with E-state index < -0.39 is 0 Å². The number of anilines is 1. The van der Waals surface area contributed by atoms with E-state index in [2.05, 4.69) is 45.9 Å². The summed E-state index contributed by atoms with van der Waals surface area (Å²) in [5.74, 6) is 0. The maximum Gasteiger partial charge on any atom is 0.124 e. The van der Waals surface area contributed by atoms with Crippen LogP contribution in [0.5, 0.6) is 0 Å². The molecule has 0 fully saturated rings. The van der Waals surface area contributed by atoms with Gasteiger partial charge in [0.25, 0.3) is 0 Å². The molecule has 0 aliphatic heterocycles. The summed E-state index contributed by atoms with van der Waals surface area (Å²) < 4.78 is 0. The minimum Gasteiger partial charge on any atom is -0.399 e. The number of hydrogen-bond acceptors (Lipinski definition) is 3. The molecule has 0 atom stereocenters. The maximum absolute atomic E-state index is 5.89. The molecule has 2 N–H and O–H groups in total. The normalized spacial score (nSPS) is 10.9. The van der Waals surface area contributed by atoms with E-state index in [0.717, 1.165) is 22.0 Å². The average molecular weight is 308 g/mol. The standard InChI is InChI=1S/C19H20N2S/c1-11-8-12(2)17(13(3)9-11)18-14(4)22-19(21-18)15-6-5-7-16(20)10-15/h5-10H,20H2,1-4H3. The molecule has 0 saturated heterocycles. The highest BCUT2D eigenvalue weighted by molar-refractivity contribution is 7.15. The first-order valence-corrected chi connectivity index (χ1v) is 8.19. The molecule has 0 bridgehead atoms. The molecule has 2 aromatic carbocycles. The summed E-state index contributed by atoms with van der Waals surface area (Å²) in [6.07, 6.45) is 0. The molecule has 0 aliphatic carbocycles. The van der Waals surface area contributed by atoms with Crippen LogP contribution in [-0.2, 0) is 0 Å². The topological polar surface area (TPSA) is 38.9 Å². The van der Waals surface area contributed by atoms with E-state index in [4.69, 9.17) is 10.7 Å². The van der Waals surface area contributed by atoms with E-state index in [0.29, 0.717) is 0 Å². The highest BCUT2D eigenvalue weighted by atomic mass is 32.1. The Morgan fingerprint density at radius 2 is 1.64 bits per heavy atom. The fraction of sp³-hybridized carbons (Fsp3) is 0.211. The number of rotatable bonds is 2. The van der Waals surface area contributed by atoms with E-state index in [1.165, 1.54) is 27.1 Å². The van der Waals surface area contributed by atoms with Crippen molar-refractivity contribution in [1.29, 1.82) is 0 Å². The summed E-state index contributed by atoms with van der Waals surface area (Å²) in [6.45, 7) is 8.60. The number of benzene rings is 2. The number of aromatic nitrogens is 1. The van der Waals surface area contributed by atoms with Gasteiger partial charge in [0, 0.05) is 21.7 Å². The first-order valence-electron chi connectivity index (χ1n) is 7.37. The van der Waals surface area contributed by atoms with E-state index in [-0.39, 0.29) is 0 Å². The zero-order chi connectivity index (χ0) is 15.9. The number of thiazole rings is 1. The lowest BCUT2D eigenvalue weighted by molar-refractivity contribution is 1.28. The van der Waals surface area contributed by atoms with Gasteiger partial charge in [-0.25, -0.2) is 4.98 Å². The Balaban J connectivity index is 2.15. The van der Waals surface area contributed by atoms with Crippen LogP contribution < -0.4 is 5.73 Å². The molecule has 0 spiro atoms. The molecule has 0 unspecified atom stereocenters. The molecule has 0 amide bonds. The van der Waals surface area contributed by atoms with Crippen LogP contribution in [-0.4, -0.2) is 4.98 Å². The monoisotopic (exact) mass is 308 g/mol. The van der Waals surface area contributed by atoms with Crippen LogP contribution in [0.3, 0.4) is 0 Å². The molecule has 0 radical (unpaired) electrons. The Hall–Kier alpha value is -2.13. The van der Waals surface area contributed by atoms with Crippen LogP contribution in [0.1, 0.15) is 21.6 Å². The Morgan fingerprint density at radius 3 is 2.27 bits per heavy atom. The third kappa shape index (κ3) is 2.64. The second kappa shape index (κ2) is 5.58. The van der Waals surface area contributed by atoms with E-state index in [9.17, 15) is 0 Å². The minimum atomic E-state index is 0.773. The predicted octanol–water partition coefficient (Wildman–Crippen LogP) is 5.29. The lowest BCUT2D eigenvalue weighted by Gasteiger charge is -2.10. The Morgan fingerprint density at radius 1 is 0.955 bits per heavy atom. The number of hydrogen-bond donors (Lipinski definition) is 1. The third-order valence-electron chi connectivity index (χ3n) is 3.84. The zero-order valence-electron chi connectivity index (χ0n) is 13.4. The van der Waals surface area contributed by atoms with E-state index in [1.54, 1.807) is 11.3 Å². The van der Waals surface area contributed by atoms with Gasteiger partial charge in [-0.2, -0.15) is 0 Å². The molecule has 3 heteroatoms. The first kappa shape index (κ1) is 14.8. The predicted molar refractivity (Wildman–Crippen MR) is 96.3 cm³/mol. The second-order valence-corrected chi connectivity index (χ2v) is 7.03. The Bertz CT molecular complexity index is 823. The molecule has 22 heavy (non-hydrogen) atoms. The summed E-state index contributed by atoms with van der Waals surface area (Å²) in [5, 5.41) is 1.03. The van der Waals surface area contributed by atoms with Crippen LogP contribution in [0, 0.1) is 27.7 Å². The van der Waals surface area contributed by atoms with E-state index >= 15 is 0 Å². The maximum atomic E-state index is 5.89. The lowest BCUT2D eigenvalue weighted by Crippen LogP contribution is -1.92. The first-order chi connectivity index (χ1) is 10.5. The second-order valence-electron chi connectivity index (χ2n) is 5.82. The highest BCUT2D eigenvalue weighted by Crippen LogP contribution is 2.36. The quantitative estimate of drug-likeness (QED) is 0.653. The van der Waals surface area contributed by atoms with Crippen LogP contribution in [0.4, 0.5) is 5.69 Å². The summed E-state index contributed by atoms with van der Waals surface area (Å²) in [4.78, 5) is 6.15. The fourth-order valence-corrected chi connectivity index (χ4v) is 3.89. The van der Waals surface area contributed by atoms with Crippen LogP contribution in [0.15, 0.2) is 36.4 Å². The summed E-state index contributed by atoms with van der Waals surface area (Å²) in [6, 6.07) is 12.4. The number of nitrogen functional groups attached to an aromatic ring is 1. The molecule has 1 heterocycles. The van der Waals surface area contributed by atoms with Gasteiger partial charge in [-0.3, -0.25) is 0 Å². The van der Waals surface area contributed by atoms with Crippen molar-refractivity contribution in [2.45, 2.75) is 27.7 Å². The summed E-state index contributed by atoms with van der Waals surface area (Å²) >= 11 is 1.73. The number of nitrogens with zero attached hydrogens (tertiary/aromatic N) is 1. The average Bonchev–Trinajstić information content (AvgIpc) is 2.80. The molecule has 1 aromatic heterocycles. The SMILES string of the molecule is Cc1cc(C)c(-c2nc(-c3cccc(N)c3)sc2C)c(C)c1. The smallest absolute Gasteiger partial charge is 0.124 e. The largest absolute Gasteiger partial charge is 0.399 e. The minimum absolute atomic E-state index is 0.773. The van der Waals surface area contributed by atoms with Gasteiger partial charge < -0.3 is 5.73 Å².